The predicted octanol–water partition coefficient (Wildman–Crippen LogP) is -1.20. The van der Waals surface area contributed by atoms with Crippen LogP contribution < -0.4 is 5.73 Å². The summed E-state index contributed by atoms with van der Waals surface area (Å²) in [6.45, 7) is 1.66. The third-order valence-corrected chi connectivity index (χ3v) is 2.30. The van der Waals surface area contributed by atoms with Crippen molar-refractivity contribution in [2.24, 2.45) is 11.7 Å². The molecule has 2 atom stereocenters. The molecule has 1 heterocycles. The Hall–Kier alpha value is -1.10. The summed E-state index contributed by atoms with van der Waals surface area (Å²) in [6.07, 6.45) is 0. The van der Waals surface area contributed by atoms with E-state index < -0.39 is 12.0 Å². The van der Waals surface area contributed by atoms with Crippen molar-refractivity contribution in [1.82, 2.24) is 10.0 Å². The summed E-state index contributed by atoms with van der Waals surface area (Å²) in [5.74, 6) is -0.757. The lowest BCUT2D eigenvalue weighted by atomic mass is 9.99. The van der Waals surface area contributed by atoms with Crippen molar-refractivity contribution in [1.29, 1.82) is 0 Å². The number of nitrogens with two attached hydrogens (primary N) is 1. The van der Waals surface area contributed by atoms with E-state index in [0.717, 1.165) is 0 Å². The molecule has 1 saturated heterocycles. The van der Waals surface area contributed by atoms with Gasteiger partial charge in [-0.15, -0.1) is 0 Å². The molecule has 0 saturated carbocycles. The quantitative estimate of drug-likeness (QED) is 0.497. The summed E-state index contributed by atoms with van der Waals surface area (Å²) in [5, 5.41) is 2.53. The second kappa shape index (κ2) is 2.75. The predicted molar refractivity (Wildman–Crippen MR) is 42.7 cm³/mol. The van der Waals surface area contributed by atoms with E-state index in [1.165, 1.54) is 17.1 Å². The van der Waals surface area contributed by atoms with Gasteiger partial charge in [-0.1, -0.05) is 6.92 Å². The zero-order chi connectivity index (χ0) is 9.46. The van der Waals surface area contributed by atoms with Crippen LogP contribution in [0.15, 0.2) is 0 Å². The minimum atomic E-state index is -0.696. The van der Waals surface area contributed by atoms with Crippen molar-refractivity contribution in [2.45, 2.75) is 13.0 Å². The Bertz CT molecular complexity index is 185. The monoisotopic (exact) mass is 171 g/mol. The van der Waals surface area contributed by atoms with E-state index in [1.807, 2.05) is 0 Å². The first kappa shape index (κ1) is 8.99. The highest BCUT2D eigenvalue weighted by Crippen LogP contribution is 2.14. The summed E-state index contributed by atoms with van der Waals surface area (Å²) >= 11 is 0. The van der Waals surface area contributed by atoms with Gasteiger partial charge in [0, 0.05) is 14.1 Å². The Morgan fingerprint density at radius 3 is 2.08 bits per heavy atom. The zero-order valence-electron chi connectivity index (χ0n) is 7.44. The Morgan fingerprint density at radius 2 is 1.58 bits per heavy atom. The highest BCUT2D eigenvalue weighted by atomic mass is 16.2. The number of hydrazine groups is 1. The molecule has 0 aromatic heterocycles. The van der Waals surface area contributed by atoms with Gasteiger partial charge in [-0.3, -0.25) is 19.6 Å². The number of rotatable bonds is 0. The van der Waals surface area contributed by atoms with E-state index in [2.05, 4.69) is 0 Å². The fraction of sp³-hybridized carbons (Fsp3) is 0.714. The van der Waals surface area contributed by atoms with Crippen molar-refractivity contribution in [3.05, 3.63) is 0 Å². The minimum Gasteiger partial charge on any atom is -0.319 e. The molecule has 0 aliphatic carbocycles. The molecular weight excluding hydrogens is 158 g/mol. The van der Waals surface area contributed by atoms with Gasteiger partial charge in [0.1, 0.15) is 0 Å². The van der Waals surface area contributed by atoms with Crippen molar-refractivity contribution in [3.63, 3.8) is 0 Å². The second-order valence-corrected chi connectivity index (χ2v) is 3.04. The van der Waals surface area contributed by atoms with Crippen molar-refractivity contribution in [2.75, 3.05) is 14.1 Å². The van der Waals surface area contributed by atoms with Crippen LogP contribution in [0.4, 0.5) is 0 Å². The van der Waals surface area contributed by atoms with E-state index in [-0.39, 0.29) is 11.8 Å². The van der Waals surface area contributed by atoms with Crippen LogP contribution in [0.25, 0.3) is 0 Å². The maximum absolute atomic E-state index is 11.3. The fourth-order valence-corrected chi connectivity index (χ4v) is 1.17. The average molecular weight is 171 g/mol. The number of nitrogens with zero attached hydrogens (tertiary/aromatic N) is 2. The van der Waals surface area contributed by atoms with Crippen molar-refractivity contribution >= 4 is 11.8 Å². The van der Waals surface area contributed by atoms with E-state index in [1.54, 1.807) is 14.0 Å². The summed E-state index contributed by atoms with van der Waals surface area (Å²) in [6, 6.07) is -0.696. The number of carbonyl (C=O) groups is 2. The molecule has 12 heavy (non-hydrogen) atoms. The molecule has 5 heteroatoms. The molecule has 0 bridgehead atoms. The largest absolute Gasteiger partial charge is 0.319 e. The molecule has 1 fully saturated rings. The third-order valence-electron chi connectivity index (χ3n) is 2.30. The van der Waals surface area contributed by atoms with Crippen LogP contribution in [0, 0.1) is 5.92 Å². The Kier molecular flexibility index (Phi) is 2.06. The molecule has 2 N–H and O–H groups in total. The van der Waals surface area contributed by atoms with E-state index >= 15 is 0 Å². The van der Waals surface area contributed by atoms with Crippen LogP contribution in [0.5, 0.6) is 0 Å². The van der Waals surface area contributed by atoms with Gasteiger partial charge in [0.15, 0.2) is 0 Å². The summed E-state index contributed by atoms with van der Waals surface area (Å²) in [7, 11) is 3.09. The van der Waals surface area contributed by atoms with Gasteiger partial charge in [-0.05, 0) is 0 Å². The number of likely N-dealkylation sites (N-methyl/N-ethyl adjacent to an activating group) is 1. The lowest BCUT2D eigenvalue weighted by Crippen LogP contribution is -2.61. The van der Waals surface area contributed by atoms with Gasteiger partial charge < -0.3 is 5.73 Å². The lowest BCUT2D eigenvalue weighted by molar-refractivity contribution is -0.170. The SMILES string of the molecule is C[C@@H]1C(=O)N(C)N(C)C(=O)[C@H]1N. The molecule has 1 aliphatic heterocycles. The molecule has 0 spiro atoms. The summed E-state index contributed by atoms with van der Waals surface area (Å²) < 4.78 is 0. The van der Waals surface area contributed by atoms with Gasteiger partial charge in [0.2, 0.25) is 5.91 Å². The van der Waals surface area contributed by atoms with Crippen LogP contribution in [0.2, 0.25) is 0 Å². The number of hydrogen-bond donors (Lipinski definition) is 1. The van der Waals surface area contributed by atoms with Crippen molar-refractivity contribution < 1.29 is 9.59 Å². The second-order valence-electron chi connectivity index (χ2n) is 3.04. The topological polar surface area (TPSA) is 66.6 Å². The van der Waals surface area contributed by atoms with Gasteiger partial charge in [-0.25, -0.2) is 0 Å². The molecule has 0 radical (unpaired) electrons. The standard InChI is InChI=1S/C7H13N3O2/c1-4-5(8)7(12)10(3)9(2)6(4)11/h4-5H,8H2,1-3H3/t4-,5-/m0/s1. The Labute approximate surface area is 71.1 Å². The van der Waals surface area contributed by atoms with Gasteiger partial charge in [0.05, 0.1) is 12.0 Å². The fourth-order valence-electron chi connectivity index (χ4n) is 1.17. The molecule has 68 valence electrons. The summed E-state index contributed by atoms with van der Waals surface area (Å²) in [5.41, 5.74) is 5.53. The van der Waals surface area contributed by atoms with E-state index in [4.69, 9.17) is 5.73 Å². The Balaban J connectivity index is 2.91. The van der Waals surface area contributed by atoms with Crippen LogP contribution in [-0.4, -0.2) is 42.0 Å². The maximum Gasteiger partial charge on any atom is 0.258 e. The van der Waals surface area contributed by atoms with Crippen LogP contribution in [-0.2, 0) is 9.59 Å². The van der Waals surface area contributed by atoms with Crippen LogP contribution >= 0.6 is 0 Å². The minimum absolute atomic E-state index is 0.121. The smallest absolute Gasteiger partial charge is 0.258 e. The first-order valence-electron chi connectivity index (χ1n) is 3.77. The van der Waals surface area contributed by atoms with Gasteiger partial charge in [0.25, 0.3) is 5.91 Å². The average Bonchev–Trinajstić information content (AvgIpc) is 2.08. The molecule has 0 aromatic carbocycles. The van der Waals surface area contributed by atoms with Gasteiger partial charge in [-0.2, -0.15) is 0 Å². The molecule has 0 unspecified atom stereocenters. The summed E-state index contributed by atoms with van der Waals surface area (Å²) in [4.78, 5) is 22.6. The number of hydrogen-bond acceptors (Lipinski definition) is 3. The van der Waals surface area contributed by atoms with Crippen LogP contribution in [0.3, 0.4) is 0 Å². The molecule has 5 nitrogen and oxygen atoms in total. The highest BCUT2D eigenvalue weighted by Gasteiger charge is 2.38. The highest BCUT2D eigenvalue weighted by molar-refractivity contribution is 5.94. The normalized spacial score (nSPS) is 31.3. The first-order valence-corrected chi connectivity index (χ1v) is 3.77. The molecule has 1 rings (SSSR count). The van der Waals surface area contributed by atoms with Gasteiger partial charge >= 0.3 is 0 Å². The third kappa shape index (κ3) is 1.06. The molecule has 1 aliphatic rings. The first-order chi connectivity index (χ1) is 5.46. The molecule has 2 amide bonds. The zero-order valence-corrected chi connectivity index (χ0v) is 7.44. The van der Waals surface area contributed by atoms with E-state index in [0.29, 0.717) is 0 Å². The number of amides is 2. The van der Waals surface area contributed by atoms with Crippen LogP contribution in [0.1, 0.15) is 6.92 Å². The maximum atomic E-state index is 11.3. The Morgan fingerprint density at radius 1 is 1.17 bits per heavy atom. The van der Waals surface area contributed by atoms with Crippen molar-refractivity contribution in [3.8, 4) is 0 Å². The number of carbonyl (C=O) groups excluding carboxylic acids is 2. The lowest BCUT2D eigenvalue weighted by Gasteiger charge is -2.38. The molecule has 0 aromatic rings. The van der Waals surface area contributed by atoms with E-state index in [9.17, 15) is 9.59 Å². The molecular formula is C7H13N3O2.